The van der Waals surface area contributed by atoms with Gasteiger partial charge >= 0.3 is 0 Å². The number of nitrogens with zero attached hydrogens (tertiary/aromatic N) is 2. The summed E-state index contributed by atoms with van der Waals surface area (Å²) in [5, 5.41) is 12.0. The smallest absolute Gasteiger partial charge is 0.294 e. The average molecular weight is 551 g/mol. The fourth-order valence-corrected chi connectivity index (χ4v) is 6.06. The monoisotopic (exact) mass is 550 g/mol. The minimum atomic E-state index is -0.777. The van der Waals surface area contributed by atoms with Crippen molar-refractivity contribution < 1.29 is 14.7 Å². The maximum absolute atomic E-state index is 14.2. The highest BCUT2D eigenvalue weighted by atomic mass is 32.1. The van der Waals surface area contributed by atoms with Gasteiger partial charge in [-0.3, -0.25) is 14.5 Å². The van der Waals surface area contributed by atoms with Gasteiger partial charge in [0, 0.05) is 11.3 Å². The number of aliphatic hydroxyl groups excluding tert-OH is 1. The standard InChI is InChI=1S/C34H34N2O3S/c1-20(2)22-14-18-26(19-15-22)36-28(23-12-16-25(17-13-23)34(4,5)6)27(30(38)33(36)39)29(37)31-21(3)35-32(40-31)24-10-8-7-9-11-24/h7-20,28,38H,1-6H3. The molecule has 1 aliphatic rings. The fourth-order valence-electron chi connectivity index (χ4n) is 5.04. The van der Waals surface area contributed by atoms with Gasteiger partial charge in [0.05, 0.1) is 22.2 Å². The second-order valence-electron chi connectivity index (χ2n) is 11.6. The van der Waals surface area contributed by atoms with Crippen LogP contribution in [0.2, 0.25) is 0 Å². The number of carbonyl (C=O) groups excluding carboxylic acids is 2. The Bertz CT molecular complexity index is 1590. The van der Waals surface area contributed by atoms with E-state index in [0.717, 1.165) is 27.3 Å². The molecule has 0 fully saturated rings. The van der Waals surface area contributed by atoms with E-state index in [4.69, 9.17) is 0 Å². The van der Waals surface area contributed by atoms with Gasteiger partial charge in [-0.2, -0.15) is 0 Å². The van der Waals surface area contributed by atoms with Crippen molar-refractivity contribution in [1.29, 1.82) is 0 Å². The van der Waals surface area contributed by atoms with Crippen molar-refractivity contribution in [3.8, 4) is 10.6 Å². The molecule has 0 bridgehead atoms. The van der Waals surface area contributed by atoms with Gasteiger partial charge in [0.15, 0.2) is 5.76 Å². The molecule has 0 aliphatic carbocycles. The predicted molar refractivity (Wildman–Crippen MR) is 162 cm³/mol. The molecule has 5 nitrogen and oxygen atoms in total. The van der Waals surface area contributed by atoms with Crippen LogP contribution in [0.3, 0.4) is 0 Å². The topological polar surface area (TPSA) is 70.5 Å². The Morgan fingerprint density at radius 3 is 2.15 bits per heavy atom. The van der Waals surface area contributed by atoms with E-state index < -0.39 is 17.7 Å². The van der Waals surface area contributed by atoms with Crippen LogP contribution in [0.5, 0.6) is 0 Å². The zero-order chi connectivity index (χ0) is 28.8. The molecule has 6 heteroatoms. The summed E-state index contributed by atoms with van der Waals surface area (Å²) in [7, 11) is 0. The number of aryl methyl sites for hydroxylation is 1. The van der Waals surface area contributed by atoms with Crippen LogP contribution >= 0.6 is 11.3 Å². The number of amides is 1. The number of thiazole rings is 1. The van der Waals surface area contributed by atoms with Crippen molar-refractivity contribution >= 4 is 28.7 Å². The van der Waals surface area contributed by atoms with Gasteiger partial charge in [-0.25, -0.2) is 4.98 Å². The van der Waals surface area contributed by atoms with E-state index in [2.05, 4.69) is 39.6 Å². The van der Waals surface area contributed by atoms with Crippen molar-refractivity contribution in [3.05, 3.63) is 117 Å². The molecule has 1 unspecified atom stereocenters. The molecule has 1 aliphatic heterocycles. The van der Waals surface area contributed by atoms with Gasteiger partial charge in [0.25, 0.3) is 5.91 Å². The number of hydrogen-bond acceptors (Lipinski definition) is 5. The Labute approximate surface area is 239 Å². The maximum atomic E-state index is 14.2. The van der Waals surface area contributed by atoms with Gasteiger partial charge in [-0.1, -0.05) is 101 Å². The first kappa shape index (κ1) is 27.5. The molecule has 4 aromatic rings. The molecule has 1 N–H and O–H groups in total. The minimum Gasteiger partial charge on any atom is -0.503 e. The zero-order valence-electron chi connectivity index (χ0n) is 23.7. The Kier molecular flexibility index (Phi) is 7.23. The summed E-state index contributed by atoms with van der Waals surface area (Å²) in [5.41, 5.74) is 5.17. The third-order valence-electron chi connectivity index (χ3n) is 7.41. The van der Waals surface area contributed by atoms with Gasteiger partial charge in [-0.05, 0) is 47.1 Å². The van der Waals surface area contributed by atoms with E-state index in [9.17, 15) is 14.7 Å². The van der Waals surface area contributed by atoms with E-state index in [1.54, 1.807) is 6.92 Å². The summed E-state index contributed by atoms with van der Waals surface area (Å²) in [6, 6.07) is 24.6. The first-order valence-electron chi connectivity index (χ1n) is 13.5. The van der Waals surface area contributed by atoms with Crippen LogP contribution in [-0.4, -0.2) is 21.8 Å². The van der Waals surface area contributed by atoms with Crippen molar-refractivity contribution in [2.24, 2.45) is 0 Å². The predicted octanol–water partition coefficient (Wildman–Crippen LogP) is 8.32. The number of anilines is 1. The van der Waals surface area contributed by atoms with Crippen LogP contribution in [0.1, 0.15) is 78.6 Å². The highest BCUT2D eigenvalue weighted by Crippen LogP contribution is 2.44. The molecule has 0 saturated carbocycles. The van der Waals surface area contributed by atoms with Crippen molar-refractivity contribution in [2.45, 2.75) is 58.9 Å². The summed E-state index contributed by atoms with van der Waals surface area (Å²) in [5.74, 6) is -1.15. The molecule has 2 heterocycles. The van der Waals surface area contributed by atoms with Crippen LogP contribution in [0.15, 0.2) is 90.2 Å². The lowest BCUT2D eigenvalue weighted by molar-refractivity contribution is -0.117. The Morgan fingerprint density at radius 1 is 0.950 bits per heavy atom. The molecular weight excluding hydrogens is 516 g/mol. The van der Waals surface area contributed by atoms with E-state index in [-0.39, 0.29) is 16.8 Å². The lowest BCUT2D eigenvalue weighted by atomic mass is 9.85. The number of aromatic nitrogens is 1. The zero-order valence-corrected chi connectivity index (χ0v) is 24.5. The van der Waals surface area contributed by atoms with Crippen LogP contribution < -0.4 is 4.90 Å². The molecule has 1 amide bonds. The number of Topliss-reactive ketones (excluding diaryl/α,β-unsaturated/α-hetero) is 1. The summed E-state index contributed by atoms with van der Waals surface area (Å²) in [6.07, 6.45) is 0. The molecule has 0 saturated heterocycles. The first-order chi connectivity index (χ1) is 19.0. The number of ketones is 1. The third kappa shape index (κ3) is 5.00. The number of hydrogen-bond donors (Lipinski definition) is 1. The molecule has 1 atom stereocenters. The summed E-state index contributed by atoms with van der Waals surface area (Å²) >= 11 is 1.28. The lowest BCUT2D eigenvalue weighted by Crippen LogP contribution is -2.31. The third-order valence-corrected chi connectivity index (χ3v) is 8.61. The average Bonchev–Trinajstić information content (AvgIpc) is 3.45. The highest BCUT2D eigenvalue weighted by Gasteiger charge is 2.45. The maximum Gasteiger partial charge on any atom is 0.294 e. The van der Waals surface area contributed by atoms with Crippen molar-refractivity contribution in [2.75, 3.05) is 4.90 Å². The quantitative estimate of drug-likeness (QED) is 0.245. The van der Waals surface area contributed by atoms with Gasteiger partial charge in [0.2, 0.25) is 5.78 Å². The van der Waals surface area contributed by atoms with Crippen LogP contribution in [0.25, 0.3) is 10.6 Å². The van der Waals surface area contributed by atoms with Crippen LogP contribution in [0, 0.1) is 6.92 Å². The second-order valence-corrected chi connectivity index (χ2v) is 12.6. The molecule has 40 heavy (non-hydrogen) atoms. The van der Waals surface area contributed by atoms with Crippen molar-refractivity contribution in [3.63, 3.8) is 0 Å². The van der Waals surface area contributed by atoms with Gasteiger partial charge < -0.3 is 5.11 Å². The molecule has 0 radical (unpaired) electrons. The SMILES string of the molecule is Cc1nc(-c2ccccc2)sc1C(=O)C1=C(O)C(=O)N(c2ccc(C(C)C)cc2)C1c1ccc(C(C)(C)C)cc1. The normalized spacial score (nSPS) is 15.8. The number of rotatable bonds is 6. The molecule has 204 valence electrons. The summed E-state index contributed by atoms with van der Waals surface area (Å²) in [6.45, 7) is 12.4. The van der Waals surface area contributed by atoms with Crippen LogP contribution in [-0.2, 0) is 10.2 Å². The van der Waals surface area contributed by atoms with E-state index in [1.807, 2.05) is 78.9 Å². The Hall–Kier alpha value is -4.03. The number of aliphatic hydroxyl groups is 1. The minimum absolute atomic E-state index is 0.0550. The Balaban J connectivity index is 1.62. The van der Waals surface area contributed by atoms with Gasteiger partial charge in [0.1, 0.15) is 5.01 Å². The van der Waals surface area contributed by atoms with Crippen LogP contribution in [0.4, 0.5) is 5.69 Å². The molecule has 5 rings (SSSR count). The largest absolute Gasteiger partial charge is 0.503 e. The van der Waals surface area contributed by atoms with E-state index in [0.29, 0.717) is 22.2 Å². The fraction of sp³-hybridized carbons (Fsp3) is 0.265. The number of benzene rings is 3. The summed E-state index contributed by atoms with van der Waals surface area (Å²) in [4.78, 5) is 34.4. The van der Waals surface area contributed by atoms with E-state index >= 15 is 0 Å². The van der Waals surface area contributed by atoms with Crippen molar-refractivity contribution in [1.82, 2.24) is 4.98 Å². The first-order valence-corrected chi connectivity index (χ1v) is 14.3. The molecular formula is C34H34N2O3S. The molecule has 0 spiro atoms. The second kappa shape index (κ2) is 10.5. The molecule has 1 aromatic heterocycles. The number of carbonyl (C=O) groups is 2. The summed E-state index contributed by atoms with van der Waals surface area (Å²) < 4.78 is 0. The van der Waals surface area contributed by atoms with E-state index in [1.165, 1.54) is 16.2 Å². The molecule has 3 aromatic carbocycles. The highest BCUT2D eigenvalue weighted by molar-refractivity contribution is 7.17. The van der Waals surface area contributed by atoms with Gasteiger partial charge in [-0.15, -0.1) is 11.3 Å². The lowest BCUT2D eigenvalue weighted by Gasteiger charge is -2.28. The Morgan fingerprint density at radius 2 is 1.57 bits per heavy atom.